The maximum absolute atomic E-state index is 13.1. The van der Waals surface area contributed by atoms with Crippen LogP contribution in [0.2, 0.25) is 0 Å². The van der Waals surface area contributed by atoms with Gasteiger partial charge in [-0.2, -0.15) is 0 Å². The molecule has 0 aromatic heterocycles. The Kier molecular flexibility index (Phi) is 3.51. The van der Waals surface area contributed by atoms with Gasteiger partial charge in [0.05, 0.1) is 22.4 Å². The van der Waals surface area contributed by atoms with Gasteiger partial charge in [0, 0.05) is 18.3 Å². The highest BCUT2D eigenvalue weighted by Gasteiger charge is 2.36. The van der Waals surface area contributed by atoms with Crippen LogP contribution in [-0.2, 0) is 0 Å². The SMILES string of the molecule is CN(c1ccccc1)c1ccc(O)c2c1C(=O)c1cccc(O)c1C2=O. The van der Waals surface area contributed by atoms with Crippen LogP contribution >= 0.6 is 0 Å². The molecular formula is C21H15NO4. The molecule has 0 radical (unpaired) electrons. The summed E-state index contributed by atoms with van der Waals surface area (Å²) in [7, 11) is 1.79. The van der Waals surface area contributed by atoms with E-state index in [-0.39, 0.29) is 33.8 Å². The Morgan fingerprint density at radius 3 is 2.12 bits per heavy atom. The predicted octanol–water partition coefficient (Wildman–Crippen LogP) is 3.64. The number of phenols is 2. The zero-order chi connectivity index (χ0) is 18.4. The van der Waals surface area contributed by atoms with E-state index in [2.05, 4.69) is 0 Å². The summed E-state index contributed by atoms with van der Waals surface area (Å²) in [5, 5.41) is 20.3. The second kappa shape index (κ2) is 5.74. The number of anilines is 2. The minimum Gasteiger partial charge on any atom is -0.507 e. The number of carbonyl (C=O) groups is 2. The highest BCUT2D eigenvalue weighted by atomic mass is 16.3. The molecule has 0 unspecified atom stereocenters. The Balaban J connectivity index is 1.98. The second-order valence-electron chi connectivity index (χ2n) is 6.11. The van der Waals surface area contributed by atoms with Gasteiger partial charge in [-0.3, -0.25) is 9.59 Å². The predicted molar refractivity (Wildman–Crippen MR) is 97.6 cm³/mol. The summed E-state index contributed by atoms with van der Waals surface area (Å²) < 4.78 is 0. The third-order valence-electron chi connectivity index (χ3n) is 4.63. The maximum Gasteiger partial charge on any atom is 0.202 e. The van der Waals surface area contributed by atoms with E-state index >= 15 is 0 Å². The quantitative estimate of drug-likeness (QED) is 0.580. The summed E-state index contributed by atoms with van der Waals surface area (Å²) in [4.78, 5) is 27.8. The minimum atomic E-state index is -0.562. The van der Waals surface area contributed by atoms with Crippen molar-refractivity contribution in [1.82, 2.24) is 0 Å². The van der Waals surface area contributed by atoms with Crippen LogP contribution in [0.25, 0.3) is 0 Å². The van der Waals surface area contributed by atoms with E-state index in [1.807, 2.05) is 30.3 Å². The molecular weight excluding hydrogens is 330 g/mol. The topological polar surface area (TPSA) is 77.8 Å². The molecule has 0 saturated heterocycles. The van der Waals surface area contributed by atoms with Gasteiger partial charge in [0.2, 0.25) is 5.78 Å². The van der Waals surface area contributed by atoms with Crippen LogP contribution < -0.4 is 4.90 Å². The van der Waals surface area contributed by atoms with Crippen LogP contribution in [0, 0.1) is 0 Å². The number of benzene rings is 3. The van der Waals surface area contributed by atoms with Crippen molar-refractivity contribution in [2.45, 2.75) is 0 Å². The lowest BCUT2D eigenvalue weighted by atomic mass is 9.82. The first-order chi connectivity index (χ1) is 12.5. The number of rotatable bonds is 2. The Morgan fingerprint density at radius 2 is 1.38 bits per heavy atom. The van der Waals surface area contributed by atoms with Crippen molar-refractivity contribution in [3.8, 4) is 11.5 Å². The first-order valence-corrected chi connectivity index (χ1v) is 8.07. The molecule has 1 aliphatic carbocycles. The van der Waals surface area contributed by atoms with Gasteiger partial charge in [-0.1, -0.05) is 30.3 Å². The zero-order valence-corrected chi connectivity index (χ0v) is 13.9. The highest BCUT2D eigenvalue weighted by molar-refractivity contribution is 6.32. The zero-order valence-electron chi connectivity index (χ0n) is 13.9. The number of hydrogen-bond acceptors (Lipinski definition) is 5. The molecule has 3 aromatic rings. The summed E-state index contributed by atoms with van der Waals surface area (Å²) in [6.07, 6.45) is 0. The molecule has 128 valence electrons. The summed E-state index contributed by atoms with van der Waals surface area (Å²) in [5.41, 5.74) is 1.47. The normalized spacial score (nSPS) is 12.5. The Hall–Kier alpha value is -3.60. The fourth-order valence-corrected chi connectivity index (χ4v) is 3.34. The first-order valence-electron chi connectivity index (χ1n) is 8.07. The van der Waals surface area contributed by atoms with E-state index in [1.54, 1.807) is 18.0 Å². The van der Waals surface area contributed by atoms with Gasteiger partial charge in [-0.05, 0) is 30.3 Å². The second-order valence-corrected chi connectivity index (χ2v) is 6.11. The van der Waals surface area contributed by atoms with Gasteiger partial charge < -0.3 is 15.1 Å². The number of carbonyl (C=O) groups excluding carboxylic acids is 2. The third kappa shape index (κ3) is 2.18. The van der Waals surface area contributed by atoms with Gasteiger partial charge in [0.25, 0.3) is 0 Å². The monoisotopic (exact) mass is 345 g/mol. The number of hydrogen-bond donors (Lipinski definition) is 2. The highest BCUT2D eigenvalue weighted by Crippen LogP contribution is 2.41. The van der Waals surface area contributed by atoms with Crippen LogP contribution in [0.15, 0.2) is 60.7 Å². The number of aromatic hydroxyl groups is 2. The molecule has 0 aliphatic heterocycles. The number of phenolic OH excluding ortho intramolecular Hbond substituents is 2. The molecule has 0 heterocycles. The summed E-state index contributed by atoms with van der Waals surface area (Å²) >= 11 is 0. The van der Waals surface area contributed by atoms with Gasteiger partial charge in [-0.25, -0.2) is 0 Å². The fraction of sp³-hybridized carbons (Fsp3) is 0.0476. The molecule has 0 bridgehead atoms. The van der Waals surface area contributed by atoms with Gasteiger partial charge >= 0.3 is 0 Å². The molecule has 0 fully saturated rings. The average Bonchev–Trinajstić information content (AvgIpc) is 2.66. The molecule has 5 nitrogen and oxygen atoms in total. The number of ketones is 2. The van der Waals surface area contributed by atoms with Crippen molar-refractivity contribution in [2.24, 2.45) is 0 Å². The lowest BCUT2D eigenvalue weighted by molar-refractivity contribution is 0.0974. The van der Waals surface area contributed by atoms with Gasteiger partial charge in [0.15, 0.2) is 5.78 Å². The Bertz CT molecular complexity index is 1060. The van der Waals surface area contributed by atoms with Crippen LogP contribution in [0.4, 0.5) is 11.4 Å². The van der Waals surface area contributed by atoms with Crippen molar-refractivity contribution >= 4 is 22.9 Å². The summed E-state index contributed by atoms with van der Waals surface area (Å²) in [6, 6.07) is 16.8. The molecule has 0 atom stereocenters. The minimum absolute atomic E-state index is 0.0696. The van der Waals surface area contributed by atoms with Gasteiger partial charge in [-0.15, -0.1) is 0 Å². The molecule has 2 N–H and O–H groups in total. The number of para-hydroxylation sites is 1. The van der Waals surface area contributed by atoms with Crippen molar-refractivity contribution < 1.29 is 19.8 Å². The van der Waals surface area contributed by atoms with Crippen LogP contribution in [0.3, 0.4) is 0 Å². The molecule has 4 rings (SSSR count). The molecule has 1 aliphatic rings. The number of nitrogens with zero attached hydrogens (tertiary/aromatic N) is 1. The van der Waals surface area contributed by atoms with E-state index in [4.69, 9.17) is 0 Å². The van der Waals surface area contributed by atoms with Crippen molar-refractivity contribution in [2.75, 3.05) is 11.9 Å². The van der Waals surface area contributed by atoms with E-state index in [0.29, 0.717) is 5.69 Å². The van der Waals surface area contributed by atoms with Crippen molar-refractivity contribution in [1.29, 1.82) is 0 Å². The van der Waals surface area contributed by atoms with Crippen molar-refractivity contribution in [3.63, 3.8) is 0 Å². The smallest absolute Gasteiger partial charge is 0.202 e. The van der Waals surface area contributed by atoms with Gasteiger partial charge in [0.1, 0.15) is 11.5 Å². The van der Waals surface area contributed by atoms with E-state index in [1.165, 1.54) is 24.3 Å². The van der Waals surface area contributed by atoms with E-state index < -0.39 is 11.6 Å². The first kappa shape index (κ1) is 15.9. The summed E-state index contributed by atoms with van der Waals surface area (Å²) in [5.74, 6) is -1.52. The lowest BCUT2D eigenvalue weighted by Gasteiger charge is -2.27. The summed E-state index contributed by atoms with van der Waals surface area (Å²) in [6.45, 7) is 0. The molecule has 0 spiro atoms. The van der Waals surface area contributed by atoms with Crippen LogP contribution in [0.1, 0.15) is 31.8 Å². The van der Waals surface area contributed by atoms with E-state index in [0.717, 1.165) is 5.69 Å². The largest absolute Gasteiger partial charge is 0.507 e. The number of fused-ring (bicyclic) bond motifs is 2. The van der Waals surface area contributed by atoms with Crippen LogP contribution in [-0.4, -0.2) is 28.8 Å². The lowest BCUT2D eigenvalue weighted by Crippen LogP contribution is -2.24. The van der Waals surface area contributed by atoms with Crippen LogP contribution in [0.5, 0.6) is 11.5 Å². The average molecular weight is 345 g/mol. The molecule has 0 saturated carbocycles. The molecule has 26 heavy (non-hydrogen) atoms. The fourth-order valence-electron chi connectivity index (χ4n) is 3.34. The van der Waals surface area contributed by atoms with E-state index in [9.17, 15) is 19.8 Å². The molecule has 3 aromatic carbocycles. The van der Waals surface area contributed by atoms with Crippen molar-refractivity contribution in [3.05, 3.63) is 82.9 Å². The Labute approximate surface area is 149 Å². The Morgan fingerprint density at radius 1 is 0.692 bits per heavy atom. The molecule has 5 heteroatoms. The molecule has 0 amide bonds. The maximum atomic E-state index is 13.1. The third-order valence-corrected chi connectivity index (χ3v) is 4.63. The standard InChI is InChI=1S/C21H15NO4/c1-22(12-6-3-2-4-7-12)14-10-11-16(24)19-18(14)20(25)13-8-5-9-15(23)17(13)21(19)26/h2-11,23-24H,1H3.